The van der Waals surface area contributed by atoms with E-state index in [2.05, 4.69) is 22.2 Å². The highest BCUT2D eigenvalue weighted by Gasteiger charge is 2.13. The molecule has 2 rings (SSSR count). The summed E-state index contributed by atoms with van der Waals surface area (Å²) in [6.07, 6.45) is 2.77. The first-order chi connectivity index (χ1) is 9.61. The summed E-state index contributed by atoms with van der Waals surface area (Å²) in [5.41, 5.74) is 2.35. The number of nitrogens with one attached hydrogen (secondary N) is 2. The van der Waals surface area contributed by atoms with Crippen molar-refractivity contribution in [3.63, 3.8) is 0 Å². The molecular weight excluding hydrogens is 256 g/mol. The Kier molecular flexibility index (Phi) is 4.47. The first-order valence-electron chi connectivity index (χ1n) is 6.62. The Labute approximate surface area is 117 Å². The summed E-state index contributed by atoms with van der Waals surface area (Å²) < 4.78 is 0. The third kappa shape index (κ3) is 3.21. The molecule has 0 amide bonds. The van der Waals surface area contributed by atoms with Crippen LogP contribution in [0.4, 0.5) is 5.69 Å². The van der Waals surface area contributed by atoms with Crippen LogP contribution in [0.1, 0.15) is 24.7 Å². The van der Waals surface area contributed by atoms with Crippen LogP contribution < -0.4 is 5.32 Å². The topological polar surface area (TPSA) is 83.8 Å². The van der Waals surface area contributed by atoms with E-state index in [1.807, 2.05) is 6.07 Å². The van der Waals surface area contributed by atoms with Crippen molar-refractivity contribution in [1.29, 1.82) is 0 Å². The Morgan fingerprint density at radius 3 is 2.95 bits per heavy atom. The second kappa shape index (κ2) is 6.29. The van der Waals surface area contributed by atoms with Crippen LogP contribution in [0, 0.1) is 17.0 Å². The summed E-state index contributed by atoms with van der Waals surface area (Å²) in [6.45, 7) is 5.44. The zero-order valence-electron chi connectivity index (χ0n) is 11.6. The molecule has 1 aromatic heterocycles. The Bertz CT molecular complexity index is 607. The molecule has 106 valence electrons. The Morgan fingerprint density at radius 2 is 2.25 bits per heavy atom. The summed E-state index contributed by atoms with van der Waals surface area (Å²) in [7, 11) is 0. The average molecular weight is 274 g/mol. The molecule has 1 heterocycles. The van der Waals surface area contributed by atoms with Gasteiger partial charge in [-0.3, -0.25) is 10.1 Å². The fourth-order valence-electron chi connectivity index (χ4n) is 1.96. The Morgan fingerprint density at radius 1 is 1.45 bits per heavy atom. The molecule has 0 bridgehead atoms. The summed E-state index contributed by atoms with van der Waals surface area (Å²) in [4.78, 5) is 18.0. The number of imidazole rings is 1. The quantitative estimate of drug-likeness (QED) is 0.482. The minimum absolute atomic E-state index is 0.128. The molecule has 0 unspecified atom stereocenters. The number of hydrogen-bond donors (Lipinski definition) is 2. The number of nitro benzene ring substituents is 1. The molecule has 0 aliphatic carbocycles. The molecular formula is C14H18N4O2. The molecule has 0 saturated heterocycles. The minimum Gasteiger partial charge on any atom is -0.341 e. The number of aromatic nitrogens is 2. The van der Waals surface area contributed by atoms with E-state index < -0.39 is 0 Å². The number of hydrogen-bond acceptors (Lipinski definition) is 4. The summed E-state index contributed by atoms with van der Waals surface area (Å²) in [5.74, 6) is 0.830. The monoisotopic (exact) mass is 274 g/mol. The molecule has 0 fully saturated rings. The van der Waals surface area contributed by atoms with E-state index in [-0.39, 0.29) is 10.6 Å². The van der Waals surface area contributed by atoms with Crippen molar-refractivity contribution in [1.82, 2.24) is 15.3 Å². The first kappa shape index (κ1) is 14.2. The lowest BCUT2D eigenvalue weighted by Crippen LogP contribution is -2.14. The zero-order valence-corrected chi connectivity index (χ0v) is 11.6. The zero-order chi connectivity index (χ0) is 14.5. The van der Waals surface area contributed by atoms with Crippen LogP contribution in [0.25, 0.3) is 11.3 Å². The average Bonchev–Trinajstić information content (AvgIpc) is 2.88. The number of rotatable bonds is 6. The number of benzene rings is 1. The number of nitro groups is 1. The molecule has 6 nitrogen and oxygen atoms in total. The van der Waals surface area contributed by atoms with Crippen molar-refractivity contribution >= 4 is 5.69 Å². The van der Waals surface area contributed by atoms with Crippen molar-refractivity contribution in [2.75, 3.05) is 6.54 Å². The lowest BCUT2D eigenvalue weighted by atomic mass is 10.1. The largest absolute Gasteiger partial charge is 0.341 e. The minimum atomic E-state index is -0.362. The summed E-state index contributed by atoms with van der Waals surface area (Å²) >= 11 is 0. The third-order valence-electron chi connectivity index (χ3n) is 3.06. The molecule has 0 radical (unpaired) electrons. The lowest BCUT2D eigenvalue weighted by Gasteiger charge is -2.01. The summed E-state index contributed by atoms with van der Waals surface area (Å²) in [6, 6.07) is 5.19. The Hall–Kier alpha value is -2.21. The van der Waals surface area contributed by atoms with Gasteiger partial charge in [-0.15, -0.1) is 0 Å². The van der Waals surface area contributed by atoms with E-state index in [0.717, 1.165) is 30.0 Å². The van der Waals surface area contributed by atoms with Gasteiger partial charge in [0, 0.05) is 17.2 Å². The summed E-state index contributed by atoms with van der Waals surface area (Å²) in [5, 5.41) is 14.2. The fraction of sp³-hybridized carbons (Fsp3) is 0.357. The number of aryl methyl sites for hydroxylation is 1. The highest BCUT2D eigenvalue weighted by molar-refractivity contribution is 5.63. The van der Waals surface area contributed by atoms with Crippen LogP contribution in [-0.4, -0.2) is 21.4 Å². The van der Waals surface area contributed by atoms with Crippen LogP contribution in [0.3, 0.4) is 0 Å². The second-order valence-electron chi connectivity index (χ2n) is 4.68. The fourth-order valence-corrected chi connectivity index (χ4v) is 1.96. The van der Waals surface area contributed by atoms with Crippen LogP contribution in [0.5, 0.6) is 0 Å². The predicted molar refractivity (Wildman–Crippen MR) is 77.4 cm³/mol. The molecule has 6 heteroatoms. The molecule has 0 spiro atoms. The maximum Gasteiger partial charge on any atom is 0.272 e. The SMILES string of the molecule is CCCNCc1ncc(-c2ccc(C)c([N+](=O)[O-])c2)[nH]1. The molecule has 0 aliphatic heterocycles. The lowest BCUT2D eigenvalue weighted by molar-refractivity contribution is -0.385. The second-order valence-corrected chi connectivity index (χ2v) is 4.68. The van der Waals surface area contributed by atoms with Gasteiger partial charge >= 0.3 is 0 Å². The van der Waals surface area contributed by atoms with Gasteiger partial charge in [-0.1, -0.05) is 19.1 Å². The maximum absolute atomic E-state index is 11.0. The van der Waals surface area contributed by atoms with E-state index in [9.17, 15) is 10.1 Å². The third-order valence-corrected chi connectivity index (χ3v) is 3.06. The van der Waals surface area contributed by atoms with Gasteiger partial charge in [0.05, 0.1) is 23.4 Å². The van der Waals surface area contributed by atoms with Crippen LogP contribution in [0.2, 0.25) is 0 Å². The van der Waals surface area contributed by atoms with Gasteiger partial charge in [0.25, 0.3) is 5.69 Å². The highest BCUT2D eigenvalue weighted by atomic mass is 16.6. The van der Waals surface area contributed by atoms with Crippen molar-refractivity contribution in [3.05, 3.63) is 45.9 Å². The molecule has 0 aliphatic rings. The van der Waals surface area contributed by atoms with Crippen LogP contribution in [0.15, 0.2) is 24.4 Å². The maximum atomic E-state index is 11.0. The van der Waals surface area contributed by atoms with Gasteiger partial charge < -0.3 is 10.3 Å². The molecule has 2 N–H and O–H groups in total. The first-order valence-corrected chi connectivity index (χ1v) is 6.62. The number of nitrogens with zero attached hydrogens (tertiary/aromatic N) is 2. The van der Waals surface area contributed by atoms with Gasteiger partial charge in [-0.25, -0.2) is 4.98 Å². The smallest absolute Gasteiger partial charge is 0.272 e. The van der Waals surface area contributed by atoms with E-state index in [0.29, 0.717) is 12.1 Å². The van der Waals surface area contributed by atoms with E-state index in [1.165, 1.54) is 0 Å². The van der Waals surface area contributed by atoms with Crippen molar-refractivity contribution < 1.29 is 4.92 Å². The van der Waals surface area contributed by atoms with E-state index in [4.69, 9.17) is 0 Å². The molecule has 0 saturated carbocycles. The van der Waals surface area contributed by atoms with Crippen LogP contribution in [-0.2, 0) is 6.54 Å². The van der Waals surface area contributed by atoms with Gasteiger partial charge in [0.2, 0.25) is 0 Å². The van der Waals surface area contributed by atoms with E-state index >= 15 is 0 Å². The highest BCUT2D eigenvalue weighted by Crippen LogP contribution is 2.25. The Balaban J connectivity index is 2.19. The van der Waals surface area contributed by atoms with Crippen molar-refractivity contribution in [2.45, 2.75) is 26.8 Å². The molecule has 0 atom stereocenters. The standard InChI is InChI=1S/C14H18N4O2/c1-3-6-15-9-14-16-8-12(17-14)11-5-4-10(2)13(7-11)18(19)20/h4-5,7-8,15H,3,6,9H2,1-2H3,(H,16,17). The van der Waals surface area contributed by atoms with Crippen LogP contribution >= 0.6 is 0 Å². The van der Waals surface area contributed by atoms with Gasteiger partial charge in [0.1, 0.15) is 5.82 Å². The number of H-pyrrole nitrogens is 1. The predicted octanol–water partition coefficient (Wildman–Crippen LogP) is 2.79. The van der Waals surface area contributed by atoms with E-state index in [1.54, 1.807) is 25.3 Å². The van der Waals surface area contributed by atoms with Crippen molar-refractivity contribution in [2.24, 2.45) is 0 Å². The van der Waals surface area contributed by atoms with Crippen molar-refractivity contribution in [3.8, 4) is 11.3 Å². The molecule has 20 heavy (non-hydrogen) atoms. The van der Waals surface area contributed by atoms with Gasteiger partial charge in [0.15, 0.2) is 0 Å². The molecule has 2 aromatic rings. The van der Waals surface area contributed by atoms with Gasteiger partial charge in [-0.2, -0.15) is 0 Å². The van der Waals surface area contributed by atoms with Gasteiger partial charge in [-0.05, 0) is 19.9 Å². The molecule has 1 aromatic carbocycles. The normalized spacial score (nSPS) is 10.7. The number of aromatic amines is 1.